The quantitative estimate of drug-likeness (QED) is 0.751. The predicted octanol–water partition coefficient (Wildman–Crippen LogP) is 2.54. The second kappa shape index (κ2) is 9.03. The molecule has 2 saturated heterocycles. The SMILES string of the molecule is CCC(C)C(=O)N1CCC(CN2CCN(CC(C)C)CC2)CC1. The molecule has 0 spiro atoms. The number of hydrogen-bond acceptors (Lipinski definition) is 3. The van der Waals surface area contributed by atoms with Crippen LogP contribution < -0.4 is 0 Å². The largest absolute Gasteiger partial charge is 0.342 e. The van der Waals surface area contributed by atoms with Crippen LogP contribution in [0.15, 0.2) is 0 Å². The molecular formula is C19H37N3O. The van der Waals surface area contributed by atoms with E-state index >= 15 is 0 Å². The Bertz CT molecular complexity index is 356. The highest BCUT2D eigenvalue weighted by Crippen LogP contribution is 2.21. The maximum absolute atomic E-state index is 12.3. The molecular weight excluding hydrogens is 286 g/mol. The molecule has 2 aliphatic heterocycles. The molecule has 2 fully saturated rings. The van der Waals surface area contributed by atoms with Crippen molar-refractivity contribution in [3.63, 3.8) is 0 Å². The molecule has 0 N–H and O–H groups in total. The van der Waals surface area contributed by atoms with Crippen molar-refractivity contribution in [2.24, 2.45) is 17.8 Å². The zero-order valence-corrected chi connectivity index (χ0v) is 15.8. The van der Waals surface area contributed by atoms with E-state index in [9.17, 15) is 4.79 Å². The fraction of sp³-hybridized carbons (Fsp3) is 0.947. The first-order chi connectivity index (χ1) is 11.0. The summed E-state index contributed by atoms with van der Waals surface area (Å²) in [6.07, 6.45) is 3.34. The number of carbonyl (C=O) groups is 1. The van der Waals surface area contributed by atoms with Crippen LogP contribution >= 0.6 is 0 Å². The molecule has 0 saturated carbocycles. The van der Waals surface area contributed by atoms with Gasteiger partial charge in [0.05, 0.1) is 0 Å². The van der Waals surface area contributed by atoms with Gasteiger partial charge in [-0.2, -0.15) is 0 Å². The van der Waals surface area contributed by atoms with Crippen LogP contribution in [0.25, 0.3) is 0 Å². The summed E-state index contributed by atoms with van der Waals surface area (Å²) in [7, 11) is 0. The summed E-state index contributed by atoms with van der Waals surface area (Å²) in [6.45, 7) is 18.1. The number of likely N-dealkylation sites (tertiary alicyclic amines) is 1. The minimum Gasteiger partial charge on any atom is -0.342 e. The summed E-state index contributed by atoms with van der Waals surface area (Å²) >= 11 is 0. The Labute approximate surface area is 143 Å². The number of nitrogens with zero attached hydrogens (tertiary/aromatic N) is 3. The van der Waals surface area contributed by atoms with Crippen molar-refractivity contribution in [3.05, 3.63) is 0 Å². The minimum atomic E-state index is 0.195. The Morgan fingerprint density at radius 1 is 0.957 bits per heavy atom. The monoisotopic (exact) mass is 323 g/mol. The average Bonchev–Trinajstić information content (AvgIpc) is 2.55. The number of amides is 1. The maximum Gasteiger partial charge on any atom is 0.225 e. The first-order valence-corrected chi connectivity index (χ1v) is 9.73. The molecule has 2 aliphatic rings. The fourth-order valence-corrected chi connectivity index (χ4v) is 3.86. The van der Waals surface area contributed by atoms with Gasteiger partial charge >= 0.3 is 0 Å². The van der Waals surface area contributed by atoms with Crippen molar-refractivity contribution in [1.82, 2.24) is 14.7 Å². The van der Waals surface area contributed by atoms with Gasteiger partial charge in [-0.1, -0.05) is 27.7 Å². The summed E-state index contributed by atoms with van der Waals surface area (Å²) in [4.78, 5) is 19.6. The summed E-state index contributed by atoms with van der Waals surface area (Å²) in [5, 5.41) is 0. The zero-order chi connectivity index (χ0) is 16.8. The van der Waals surface area contributed by atoms with Gasteiger partial charge in [0.2, 0.25) is 5.91 Å². The third-order valence-electron chi connectivity index (χ3n) is 5.56. The first-order valence-electron chi connectivity index (χ1n) is 9.73. The molecule has 0 aliphatic carbocycles. The highest BCUT2D eigenvalue weighted by atomic mass is 16.2. The van der Waals surface area contributed by atoms with Gasteiger partial charge in [-0.05, 0) is 31.1 Å². The highest BCUT2D eigenvalue weighted by Gasteiger charge is 2.27. The standard InChI is InChI=1S/C19H37N3O/c1-5-17(4)19(23)22-8-6-18(7-9-22)15-21-12-10-20(11-13-21)14-16(2)3/h16-18H,5-15H2,1-4H3. The lowest BCUT2D eigenvalue weighted by Gasteiger charge is -2.39. The second-order valence-electron chi connectivity index (χ2n) is 8.07. The summed E-state index contributed by atoms with van der Waals surface area (Å²) in [5.41, 5.74) is 0. The zero-order valence-electron chi connectivity index (χ0n) is 15.8. The van der Waals surface area contributed by atoms with Gasteiger partial charge in [-0.25, -0.2) is 0 Å². The number of carbonyl (C=O) groups excluding carboxylic acids is 1. The van der Waals surface area contributed by atoms with E-state index in [0.29, 0.717) is 5.91 Å². The van der Waals surface area contributed by atoms with Crippen LogP contribution in [-0.4, -0.2) is 73.0 Å². The molecule has 23 heavy (non-hydrogen) atoms. The molecule has 2 heterocycles. The van der Waals surface area contributed by atoms with E-state index in [1.165, 1.54) is 52.1 Å². The molecule has 1 unspecified atom stereocenters. The second-order valence-corrected chi connectivity index (χ2v) is 8.07. The molecule has 0 aromatic carbocycles. The molecule has 1 amide bonds. The molecule has 1 atom stereocenters. The van der Waals surface area contributed by atoms with E-state index < -0.39 is 0 Å². The van der Waals surface area contributed by atoms with E-state index in [2.05, 4.69) is 42.4 Å². The Morgan fingerprint density at radius 3 is 2.04 bits per heavy atom. The number of hydrogen-bond donors (Lipinski definition) is 0. The predicted molar refractivity (Wildman–Crippen MR) is 96.5 cm³/mol. The lowest BCUT2D eigenvalue weighted by atomic mass is 9.94. The van der Waals surface area contributed by atoms with Crippen molar-refractivity contribution < 1.29 is 4.79 Å². The van der Waals surface area contributed by atoms with Crippen LogP contribution in [0.5, 0.6) is 0 Å². The van der Waals surface area contributed by atoms with E-state index in [1.54, 1.807) is 0 Å². The van der Waals surface area contributed by atoms with Crippen molar-refractivity contribution >= 4 is 5.91 Å². The molecule has 2 rings (SSSR count). The number of piperidine rings is 1. The van der Waals surface area contributed by atoms with Crippen LogP contribution in [-0.2, 0) is 4.79 Å². The molecule has 134 valence electrons. The molecule has 4 heteroatoms. The Kier molecular flexibility index (Phi) is 7.35. The van der Waals surface area contributed by atoms with Gasteiger partial charge in [0.1, 0.15) is 0 Å². The van der Waals surface area contributed by atoms with Gasteiger partial charge in [-0.15, -0.1) is 0 Å². The van der Waals surface area contributed by atoms with Gasteiger partial charge in [0, 0.05) is 58.3 Å². The minimum absolute atomic E-state index is 0.195. The van der Waals surface area contributed by atoms with Crippen molar-refractivity contribution in [2.75, 3.05) is 52.4 Å². The van der Waals surface area contributed by atoms with Crippen LogP contribution in [0.2, 0.25) is 0 Å². The third-order valence-corrected chi connectivity index (χ3v) is 5.56. The fourth-order valence-electron chi connectivity index (χ4n) is 3.86. The molecule has 0 aromatic heterocycles. The topological polar surface area (TPSA) is 26.8 Å². The average molecular weight is 324 g/mol. The van der Waals surface area contributed by atoms with Crippen molar-refractivity contribution in [1.29, 1.82) is 0 Å². The van der Waals surface area contributed by atoms with Crippen LogP contribution in [0.4, 0.5) is 0 Å². The Hall–Kier alpha value is -0.610. The van der Waals surface area contributed by atoms with E-state index in [4.69, 9.17) is 0 Å². The Morgan fingerprint density at radius 2 is 1.52 bits per heavy atom. The van der Waals surface area contributed by atoms with Crippen LogP contribution in [0.3, 0.4) is 0 Å². The van der Waals surface area contributed by atoms with E-state index in [1.807, 2.05) is 0 Å². The van der Waals surface area contributed by atoms with Gasteiger partial charge in [0.15, 0.2) is 0 Å². The summed E-state index contributed by atoms with van der Waals surface area (Å²) in [5.74, 6) is 2.12. The third kappa shape index (κ3) is 5.75. The molecule has 4 nitrogen and oxygen atoms in total. The van der Waals surface area contributed by atoms with Gasteiger partial charge < -0.3 is 14.7 Å². The molecule has 0 radical (unpaired) electrons. The number of piperazine rings is 1. The summed E-state index contributed by atoms with van der Waals surface area (Å²) in [6, 6.07) is 0. The highest BCUT2D eigenvalue weighted by molar-refractivity contribution is 5.78. The van der Waals surface area contributed by atoms with Gasteiger partial charge in [0.25, 0.3) is 0 Å². The van der Waals surface area contributed by atoms with E-state index in [-0.39, 0.29) is 5.92 Å². The molecule has 0 bridgehead atoms. The van der Waals surface area contributed by atoms with Gasteiger partial charge in [-0.3, -0.25) is 4.79 Å². The van der Waals surface area contributed by atoms with Crippen molar-refractivity contribution in [2.45, 2.75) is 47.0 Å². The summed E-state index contributed by atoms with van der Waals surface area (Å²) < 4.78 is 0. The Balaban J connectivity index is 1.66. The number of rotatable bonds is 6. The lowest BCUT2D eigenvalue weighted by molar-refractivity contribution is -0.136. The van der Waals surface area contributed by atoms with E-state index in [0.717, 1.165) is 31.3 Å². The molecule has 0 aromatic rings. The smallest absolute Gasteiger partial charge is 0.225 e. The van der Waals surface area contributed by atoms with Crippen LogP contribution in [0.1, 0.15) is 47.0 Å². The maximum atomic E-state index is 12.3. The van der Waals surface area contributed by atoms with Crippen molar-refractivity contribution in [3.8, 4) is 0 Å². The normalized spacial score (nSPS) is 23.4. The lowest BCUT2D eigenvalue weighted by Crippen LogP contribution is -2.50. The van der Waals surface area contributed by atoms with Crippen LogP contribution in [0, 0.1) is 17.8 Å². The first kappa shape index (κ1) is 18.7.